The molecule has 0 spiro atoms. The van der Waals surface area contributed by atoms with Crippen LogP contribution in [-0.2, 0) is 4.84 Å². The maximum Gasteiger partial charge on any atom is 0.0724 e. The molecule has 82 valence electrons. The van der Waals surface area contributed by atoms with E-state index in [1.54, 1.807) is 0 Å². The van der Waals surface area contributed by atoms with Gasteiger partial charge >= 0.3 is 0 Å². The normalized spacial score (nSPS) is 20.9. The first-order valence-electron chi connectivity index (χ1n) is 5.12. The van der Waals surface area contributed by atoms with Crippen LogP contribution in [0, 0.1) is 5.92 Å². The fraction of sp³-hybridized carbons (Fsp3) is 0.455. The van der Waals surface area contributed by atoms with E-state index in [0.717, 1.165) is 24.5 Å². The molecule has 1 heterocycles. The van der Waals surface area contributed by atoms with E-state index in [1.807, 2.05) is 24.3 Å². The van der Waals surface area contributed by atoms with Crippen LogP contribution in [0.25, 0.3) is 0 Å². The summed E-state index contributed by atoms with van der Waals surface area (Å²) in [5.74, 6) is 5.62. The molecule has 0 aromatic heterocycles. The van der Waals surface area contributed by atoms with Crippen LogP contribution in [0.2, 0.25) is 5.02 Å². The van der Waals surface area contributed by atoms with Crippen molar-refractivity contribution in [1.29, 1.82) is 0 Å². The number of nitrogens with two attached hydrogens (primary N) is 1. The summed E-state index contributed by atoms with van der Waals surface area (Å²) in [5.41, 5.74) is 1.22. The predicted molar refractivity (Wildman–Crippen MR) is 61.9 cm³/mol. The molecule has 0 aliphatic carbocycles. The molecular weight excluding hydrogens is 212 g/mol. The van der Waals surface area contributed by atoms with Crippen LogP contribution in [0.4, 0.5) is 5.69 Å². The predicted octanol–water partition coefficient (Wildman–Crippen LogP) is 2.06. The Morgan fingerprint density at radius 3 is 2.80 bits per heavy atom. The summed E-state index contributed by atoms with van der Waals surface area (Å²) in [5, 5.41) is 0.778. The number of nitrogens with zero attached hydrogens (tertiary/aromatic N) is 1. The fourth-order valence-electron chi connectivity index (χ4n) is 1.99. The Hall–Kier alpha value is -0.770. The molecule has 1 saturated heterocycles. The third kappa shape index (κ3) is 2.62. The van der Waals surface area contributed by atoms with Gasteiger partial charge in [0.1, 0.15) is 0 Å². The first kappa shape index (κ1) is 10.7. The van der Waals surface area contributed by atoms with E-state index in [4.69, 9.17) is 17.5 Å². The lowest BCUT2D eigenvalue weighted by Crippen LogP contribution is -2.21. The van der Waals surface area contributed by atoms with E-state index in [2.05, 4.69) is 9.74 Å². The van der Waals surface area contributed by atoms with Crippen molar-refractivity contribution < 1.29 is 4.84 Å². The standard InChI is InChI=1S/C11H15ClN2O/c12-10-1-3-11(4-2-10)14-6-5-9(7-14)8-15-13/h1-4,9H,5-8,13H2. The average Bonchev–Trinajstić information content (AvgIpc) is 2.68. The van der Waals surface area contributed by atoms with Gasteiger partial charge in [-0.1, -0.05) is 11.6 Å². The molecule has 1 aromatic carbocycles. The van der Waals surface area contributed by atoms with Gasteiger partial charge in [-0.2, -0.15) is 0 Å². The molecule has 0 radical (unpaired) electrons. The minimum atomic E-state index is 0.547. The van der Waals surface area contributed by atoms with Gasteiger partial charge in [-0.25, -0.2) is 5.90 Å². The van der Waals surface area contributed by atoms with Gasteiger partial charge in [-0.15, -0.1) is 0 Å². The molecule has 0 saturated carbocycles. The van der Waals surface area contributed by atoms with Crippen LogP contribution in [0.15, 0.2) is 24.3 Å². The number of halogens is 1. The summed E-state index contributed by atoms with van der Waals surface area (Å²) >= 11 is 5.84. The van der Waals surface area contributed by atoms with Gasteiger partial charge in [0, 0.05) is 29.7 Å². The summed E-state index contributed by atoms with van der Waals surface area (Å²) in [6, 6.07) is 7.94. The van der Waals surface area contributed by atoms with Crippen LogP contribution >= 0.6 is 11.6 Å². The van der Waals surface area contributed by atoms with Gasteiger partial charge in [0.15, 0.2) is 0 Å². The highest BCUT2D eigenvalue weighted by Crippen LogP contribution is 2.24. The summed E-state index contributed by atoms with van der Waals surface area (Å²) in [6.07, 6.45) is 1.14. The Kier molecular flexibility index (Phi) is 3.46. The van der Waals surface area contributed by atoms with Gasteiger partial charge in [-0.3, -0.25) is 0 Å². The van der Waals surface area contributed by atoms with E-state index in [9.17, 15) is 0 Å². The Balaban J connectivity index is 1.98. The Morgan fingerprint density at radius 2 is 2.13 bits per heavy atom. The second-order valence-corrected chi connectivity index (χ2v) is 4.35. The zero-order chi connectivity index (χ0) is 10.7. The lowest BCUT2D eigenvalue weighted by molar-refractivity contribution is 0.108. The lowest BCUT2D eigenvalue weighted by Gasteiger charge is -2.18. The fourth-order valence-corrected chi connectivity index (χ4v) is 2.12. The monoisotopic (exact) mass is 226 g/mol. The smallest absolute Gasteiger partial charge is 0.0724 e. The minimum absolute atomic E-state index is 0.547. The highest BCUT2D eigenvalue weighted by atomic mass is 35.5. The zero-order valence-electron chi connectivity index (χ0n) is 8.53. The number of hydrogen-bond donors (Lipinski definition) is 1. The molecule has 1 aliphatic rings. The van der Waals surface area contributed by atoms with E-state index in [1.165, 1.54) is 5.69 Å². The van der Waals surface area contributed by atoms with Gasteiger partial charge in [0.25, 0.3) is 0 Å². The molecule has 15 heavy (non-hydrogen) atoms. The van der Waals surface area contributed by atoms with Crippen LogP contribution < -0.4 is 10.8 Å². The van der Waals surface area contributed by atoms with Crippen LogP contribution in [-0.4, -0.2) is 19.7 Å². The average molecular weight is 227 g/mol. The molecule has 1 aromatic rings. The SMILES string of the molecule is NOCC1CCN(c2ccc(Cl)cc2)C1. The highest BCUT2D eigenvalue weighted by Gasteiger charge is 2.22. The minimum Gasteiger partial charge on any atom is -0.371 e. The number of anilines is 1. The van der Waals surface area contributed by atoms with E-state index in [0.29, 0.717) is 12.5 Å². The molecular formula is C11H15ClN2O. The first-order valence-corrected chi connectivity index (χ1v) is 5.49. The molecule has 4 heteroatoms. The number of hydrogen-bond acceptors (Lipinski definition) is 3. The number of benzene rings is 1. The van der Waals surface area contributed by atoms with Gasteiger partial charge in [-0.05, 0) is 30.7 Å². The topological polar surface area (TPSA) is 38.5 Å². The molecule has 2 rings (SSSR count). The molecule has 0 amide bonds. The van der Waals surface area contributed by atoms with Crippen molar-refractivity contribution in [3.63, 3.8) is 0 Å². The Morgan fingerprint density at radius 1 is 1.40 bits per heavy atom. The molecule has 1 atom stereocenters. The zero-order valence-corrected chi connectivity index (χ0v) is 9.28. The molecule has 3 nitrogen and oxygen atoms in total. The summed E-state index contributed by atoms with van der Waals surface area (Å²) in [6.45, 7) is 2.72. The molecule has 1 fully saturated rings. The van der Waals surface area contributed by atoms with Crippen LogP contribution in [0.5, 0.6) is 0 Å². The Labute approximate surface area is 94.7 Å². The van der Waals surface area contributed by atoms with Crippen molar-refractivity contribution in [2.75, 3.05) is 24.6 Å². The van der Waals surface area contributed by atoms with Crippen molar-refractivity contribution >= 4 is 17.3 Å². The van der Waals surface area contributed by atoms with E-state index in [-0.39, 0.29) is 0 Å². The number of rotatable bonds is 3. The van der Waals surface area contributed by atoms with E-state index >= 15 is 0 Å². The third-order valence-electron chi connectivity index (χ3n) is 2.81. The maximum absolute atomic E-state index is 5.84. The summed E-state index contributed by atoms with van der Waals surface area (Å²) in [4.78, 5) is 7.01. The Bertz CT molecular complexity index is 315. The van der Waals surface area contributed by atoms with Crippen molar-refractivity contribution in [2.24, 2.45) is 11.8 Å². The molecule has 1 aliphatic heterocycles. The van der Waals surface area contributed by atoms with Gasteiger partial charge in [0.05, 0.1) is 6.61 Å². The van der Waals surface area contributed by atoms with Crippen molar-refractivity contribution in [3.8, 4) is 0 Å². The van der Waals surface area contributed by atoms with E-state index < -0.39 is 0 Å². The largest absolute Gasteiger partial charge is 0.371 e. The summed E-state index contributed by atoms with van der Waals surface area (Å²) in [7, 11) is 0. The maximum atomic E-state index is 5.84. The second kappa shape index (κ2) is 4.84. The van der Waals surface area contributed by atoms with Crippen LogP contribution in [0.3, 0.4) is 0 Å². The van der Waals surface area contributed by atoms with Crippen molar-refractivity contribution in [1.82, 2.24) is 0 Å². The molecule has 1 unspecified atom stereocenters. The van der Waals surface area contributed by atoms with Crippen molar-refractivity contribution in [2.45, 2.75) is 6.42 Å². The lowest BCUT2D eigenvalue weighted by atomic mass is 10.1. The molecule has 2 N–H and O–H groups in total. The van der Waals surface area contributed by atoms with Crippen molar-refractivity contribution in [3.05, 3.63) is 29.3 Å². The first-order chi connectivity index (χ1) is 7.29. The van der Waals surface area contributed by atoms with Crippen LogP contribution in [0.1, 0.15) is 6.42 Å². The summed E-state index contributed by atoms with van der Waals surface area (Å²) < 4.78 is 0. The second-order valence-electron chi connectivity index (χ2n) is 3.91. The third-order valence-corrected chi connectivity index (χ3v) is 3.06. The van der Waals surface area contributed by atoms with Gasteiger partial charge in [0.2, 0.25) is 0 Å². The highest BCUT2D eigenvalue weighted by molar-refractivity contribution is 6.30. The molecule has 0 bridgehead atoms. The quantitative estimate of drug-likeness (QED) is 0.802. The van der Waals surface area contributed by atoms with Gasteiger partial charge < -0.3 is 9.74 Å².